The zero-order valence-corrected chi connectivity index (χ0v) is 6.42. The minimum absolute atomic E-state index is 0.800. The molecule has 0 N–H and O–H groups in total. The molecule has 2 rings (SSSR count). The molecule has 0 heterocycles. The van der Waals surface area contributed by atoms with Gasteiger partial charge in [-0.15, -0.1) is 0 Å². The summed E-state index contributed by atoms with van der Waals surface area (Å²) in [5, 5.41) is 0. The van der Waals surface area contributed by atoms with Gasteiger partial charge < -0.3 is 4.79 Å². The molecule has 1 nitrogen and oxygen atoms in total. The zero-order chi connectivity index (χ0) is 7.14. The van der Waals surface area contributed by atoms with E-state index in [2.05, 4.69) is 6.92 Å². The van der Waals surface area contributed by atoms with E-state index in [1.54, 1.807) is 0 Å². The second-order valence-corrected chi connectivity index (χ2v) is 3.97. The van der Waals surface area contributed by atoms with E-state index in [9.17, 15) is 4.79 Å². The van der Waals surface area contributed by atoms with Crippen LogP contribution in [0.2, 0.25) is 0 Å². The van der Waals surface area contributed by atoms with Gasteiger partial charge in [0.05, 0.1) is 0 Å². The molecule has 2 unspecified atom stereocenters. The minimum atomic E-state index is 0.800. The predicted octanol–water partition coefficient (Wildman–Crippen LogP) is 1.87. The lowest BCUT2D eigenvalue weighted by Gasteiger charge is -2.04. The Balaban J connectivity index is 1.86. The van der Waals surface area contributed by atoms with Crippen LogP contribution in [-0.4, -0.2) is 6.29 Å². The smallest absolute Gasteiger partial charge is 0.120 e. The van der Waals surface area contributed by atoms with Crippen LogP contribution in [0, 0.1) is 23.7 Å². The van der Waals surface area contributed by atoms with E-state index in [1.165, 1.54) is 12.8 Å². The highest BCUT2D eigenvalue weighted by atomic mass is 16.1. The number of carbonyl (C=O) groups excluding carboxylic acids is 1. The molecule has 56 valence electrons. The summed E-state index contributed by atoms with van der Waals surface area (Å²) in [6.07, 6.45) is 4.71. The maximum Gasteiger partial charge on any atom is 0.120 e. The highest BCUT2D eigenvalue weighted by molar-refractivity contribution is 5.51. The van der Waals surface area contributed by atoms with E-state index in [0.717, 1.165) is 36.4 Å². The fraction of sp³-hybridized carbons (Fsp3) is 0.889. The Morgan fingerprint density at radius 3 is 2.50 bits per heavy atom. The van der Waals surface area contributed by atoms with Crippen molar-refractivity contribution in [2.75, 3.05) is 0 Å². The molecule has 2 fully saturated rings. The molecule has 1 heteroatoms. The number of rotatable bonds is 2. The summed E-state index contributed by atoms with van der Waals surface area (Å²) >= 11 is 0. The summed E-state index contributed by atoms with van der Waals surface area (Å²) in [5.74, 6) is 3.63. The van der Waals surface area contributed by atoms with Crippen LogP contribution in [0.1, 0.15) is 26.2 Å². The number of hydrogen-bond donors (Lipinski definition) is 0. The number of aldehydes is 1. The second-order valence-electron chi connectivity index (χ2n) is 3.97. The van der Waals surface area contributed by atoms with Crippen LogP contribution >= 0.6 is 0 Å². The Bertz CT molecular complexity index is 141. The molecule has 0 aliphatic heterocycles. The first kappa shape index (κ1) is 6.38. The summed E-state index contributed by atoms with van der Waals surface area (Å²) in [7, 11) is 0. The Kier molecular flexibility index (Phi) is 1.33. The van der Waals surface area contributed by atoms with Crippen molar-refractivity contribution in [3.63, 3.8) is 0 Å². The molecule has 0 radical (unpaired) electrons. The normalized spacial score (nSPS) is 50.5. The van der Waals surface area contributed by atoms with Gasteiger partial charge in [-0.1, -0.05) is 6.92 Å². The van der Waals surface area contributed by atoms with E-state index in [1.807, 2.05) is 0 Å². The number of carbonyl (C=O) groups is 1. The van der Waals surface area contributed by atoms with Gasteiger partial charge in [0.1, 0.15) is 6.29 Å². The minimum Gasteiger partial charge on any atom is -0.303 e. The lowest BCUT2D eigenvalue weighted by atomic mass is 10.0. The molecule has 2 aliphatic carbocycles. The third kappa shape index (κ3) is 0.799. The van der Waals surface area contributed by atoms with Gasteiger partial charge in [-0.25, -0.2) is 0 Å². The van der Waals surface area contributed by atoms with Crippen molar-refractivity contribution in [2.45, 2.75) is 26.2 Å². The van der Waals surface area contributed by atoms with Gasteiger partial charge in [0.2, 0.25) is 0 Å². The van der Waals surface area contributed by atoms with Crippen LogP contribution in [0.25, 0.3) is 0 Å². The molecule has 0 spiro atoms. The second kappa shape index (κ2) is 2.08. The van der Waals surface area contributed by atoms with Crippen LogP contribution in [0.15, 0.2) is 0 Å². The lowest BCUT2D eigenvalue weighted by Crippen LogP contribution is -1.95. The number of hydrogen-bond acceptors (Lipinski definition) is 1. The Morgan fingerprint density at radius 1 is 1.40 bits per heavy atom. The summed E-state index contributed by atoms with van der Waals surface area (Å²) in [5.41, 5.74) is 0. The summed E-state index contributed by atoms with van der Waals surface area (Å²) in [6, 6.07) is 0. The van der Waals surface area contributed by atoms with Gasteiger partial charge in [-0.3, -0.25) is 0 Å². The van der Waals surface area contributed by atoms with E-state index >= 15 is 0 Å². The fourth-order valence-electron chi connectivity index (χ4n) is 2.71. The van der Waals surface area contributed by atoms with Crippen molar-refractivity contribution in [3.05, 3.63) is 0 Å². The van der Waals surface area contributed by atoms with Crippen molar-refractivity contribution >= 4 is 6.29 Å². The molecule has 0 bridgehead atoms. The SMILES string of the molecule is CC1CC2C(CC=O)C2C1. The van der Waals surface area contributed by atoms with Gasteiger partial charge in [-0.05, 0) is 36.5 Å². The van der Waals surface area contributed by atoms with Gasteiger partial charge in [0, 0.05) is 6.42 Å². The standard InChI is InChI=1S/C9H14O/c1-6-4-8-7(2-3-10)9(8)5-6/h3,6-9H,2,4-5H2,1H3. The molecular formula is C9H14O. The Hall–Kier alpha value is -0.330. The maximum absolute atomic E-state index is 10.2. The molecule has 0 amide bonds. The highest BCUT2D eigenvalue weighted by Crippen LogP contribution is 2.60. The van der Waals surface area contributed by atoms with E-state index < -0.39 is 0 Å². The average Bonchev–Trinajstić information content (AvgIpc) is 2.43. The van der Waals surface area contributed by atoms with Crippen molar-refractivity contribution in [1.82, 2.24) is 0 Å². The van der Waals surface area contributed by atoms with Crippen molar-refractivity contribution in [1.29, 1.82) is 0 Å². The first-order chi connectivity index (χ1) is 4.83. The van der Waals surface area contributed by atoms with Crippen LogP contribution in [0.3, 0.4) is 0 Å². The van der Waals surface area contributed by atoms with E-state index in [-0.39, 0.29) is 0 Å². The summed E-state index contributed by atoms with van der Waals surface area (Å²) < 4.78 is 0. The van der Waals surface area contributed by atoms with Gasteiger partial charge in [0.15, 0.2) is 0 Å². The van der Waals surface area contributed by atoms with E-state index in [4.69, 9.17) is 0 Å². The molecular weight excluding hydrogens is 124 g/mol. The van der Waals surface area contributed by atoms with Crippen LogP contribution < -0.4 is 0 Å². The lowest BCUT2D eigenvalue weighted by molar-refractivity contribution is -0.108. The highest BCUT2D eigenvalue weighted by Gasteiger charge is 2.53. The topological polar surface area (TPSA) is 17.1 Å². The van der Waals surface area contributed by atoms with Crippen molar-refractivity contribution in [2.24, 2.45) is 23.7 Å². The first-order valence-electron chi connectivity index (χ1n) is 4.26. The first-order valence-corrected chi connectivity index (χ1v) is 4.26. The van der Waals surface area contributed by atoms with E-state index in [0.29, 0.717) is 0 Å². The quantitative estimate of drug-likeness (QED) is 0.532. The monoisotopic (exact) mass is 138 g/mol. The van der Waals surface area contributed by atoms with Crippen molar-refractivity contribution < 1.29 is 4.79 Å². The third-order valence-electron chi connectivity index (χ3n) is 3.23. The zero-order valence-electron chi connectivity index (χ0n) is 6.42. The average molecular weight is 138 g/mol. The predicted molar refractivity (Wildman–Crippen MR) is 39.5 cm³/mol. The molecule has 2 saturated carbocycles. The molecule has 10 heavy (non-hydrogen) atoms. The third-order valence-corrected chi connectivity index (χ3v) is 3.23. The summed E-state index contributed by atoms with van der Waals surface area (Å²) in [4.78, 5) is 10.2. The summed E-state index contributed by atoms with van der Waals surface area (Å²) in [6.45, 7) is 2.32. The van der Waals surface area contributed by atoms with Crippen molar-refractivity contribution in [3.8, 4) is 0 Å². The number of fused-ring (bicyclic) bond motifs is 1. The van der Waals surface area contributed by atoms with Crippen LogP contribution in [-0.2, 0) is 4.79 Å². The molecule has 0 aromatic heterocycles. The maximum atomic E-state index is 10.2. The molecule has 2 atom stereocenters. The molecule has 2 aliphatic rings. The fourth-order valence-corrected chi connectivity index (χ4v) is 2.71. The van der Waals surface area contributed by atoms with Gasteiger partial charge >= 0.3 is 0 Å². The van der Waals surface area contributed by atoms with Gasteiger partial charge in [-0.2, -0.15) is 0 Å². The largest absolute Gasteiger partial charge is 0.303 e. The Morgan fingerprint density at radius 2 is 2.00 bits per heavy atom. The molecule has 0 aromatic carbocycles. The van der Waals surface area contributed by atoms with Crippen LogP contribution in [0.5, 0.6) is 0 Å². The molecule has 0 aromatic rings. The Labute approximate surface area is 61.8 Å². The van der Waals surface area contributed by atoms with Crippen LogP contribution in [0.4, 0.5) is 0 Å². The van der Waals surface area contributed by atoms with Gasteiger partial charge in [0.25, 0.3) is 0 Å². The molecule has 0 saturated heterocycles.